The van der Waals surface area contributed by atoms with Crippen molar-refractivity contribution in [2.45, 2.75) is 12.5 Å². The van der Waals surface area contributed by atoms with Crippen LogP contribution in [-0.2, 0) is 9.59 Å². The summed E-state index contributed by atoms with van der Waals surface area (Å²) in [5.41, 5.74) is 0. The van der Waals surface area contributed by atoms with Gasteiger partial charge in [0.25, 0.3) is 0 Å². The fraction of sp³-hybridized carbons (Fsp3) is 0.714. The molecule has 0 aliphatic carbocycles. The number of carbonyl (C=O) groups is 2. The summed E-state index contributed by atoms with van der Waals surface area (Å²) in [6, 6.07) is -0.859. The van der Waals surface area contributed by atoms with Crippen molar-refractivity contribution in [3.05, 3.63) is 0 Å². The zero-order valence-electron chi connectivity index (χ0n) is 6.73. The van der Waals surface area contributed by atoms with Crippen molar-refractivity contribution in [3.8, 4) is 0 Å². The lowest BCUT2D eigenvalue weighted by molar-refractivity contribution is -0.151. The molecule has 5 heteroatoms. The van der Waals surface area contributed by atoms with Gasteiger partial charge >= 0.3 is 11.9 Å². The minimum absolute atomic E-state index is 0.419. The molecule has 0 saturated carbocycles. The van der Waals surface area contributed by atoms with Gasteiger partial charge in [-0.25, -0.2) is 0 Å². The number of nitrogens with zero attached hydrogens (tertiary/aromatic N) is 1. The summed E-state index contributed by atoms with van der Waals surface area (Å²) in [5, 5.41) is 17.4. The van der Waals surface area contributed by atoms with Crippen molar-refractivity contribution in [1.29, 1.82) is 0 Å². The first-order chi connectivity index (χ1) is 5.54. The molecule has 0 aromatic carbocycles. The van der Waals surface area contributed by atoms with Gasteiger partial charge in [0.15, 0.2) is 0 Å². The molecule has 1 fully saturated rings. The topological polar surface area (TPSA) is 77.8 Å². The van der Waals surface area contributed by atoms with Crippen molar-refractivity contribution in [1.82, 2.24) is 4.90 Å². The molecule has 1 saturated heterocycles. The van der Waals surface area contributed by atoms with E-state index in [1.165, 1.54) is 0 Å². The van der Waals surface area contributed by atoms with Gasteiger partial charge in [0.1, 0.15) is 6.04 Å². The average Bonchev–Trinajstić information content (AvgIpc) is 2.30. The summed E-state index contributed by atoms with van der Waals surface area (Å²) in [5.74, 6) is -2.83. The first-order valence-electron chi connectivity index (χ1n) is 3.70. The molecule has 1 aliphatic heterocycles. The van der Waals surface area contributed by atoms with Crippen LogP contribution in [0, 0.1) is 5.92 Å². The number of hydrogen-bond donors (Lipinski definition) is 2. The van der Waals surface area contributed by atoms with Crippen molar-refractivity contribution in [3.63, 3.8) is 0 Å². The van der Waals surface area contributed by atoms with E-state index in [0.29, 0.717) is 13.0 Å². The number of carboxylic acid groups (broad SMARTS) is 2. The Morgan fingerprint density at radius 3 is 2.25 bits per heavy atom. The molecule has 1 aliphatic rings. The number of likely N-dealkylation sites (N-methyl/N-ethyl adjacent to an activating group) is 1. The molecule has 1 rings (SSSR count). The van der Waals surface area contributed by atoms with Crippen LogP contribution in [0.2, 0.25) is 0 Å². The molecule has 0 amide bonds. The second kappa shape index (κ2) is 3.10. The Morgan fingerprint density at radius 2 is 1.92 bits per heavy atom. The van der Waals surface area contributed by atoms with E-state index in [1.54, 1.807) is 11.9 Å². The van der Waals surface area contributed by atoms with E-state index in [0.717, 1.165) is 0 Å². The van der Waals surface area contributed by atoms with Crippen LogP contribution in [0.25, 0.3) is 0 Å². The molecule has 2 N–H and O–H groups in total. The molecular formula is C7H11NO4. The van der Waals surface area contributed by atoms with Crippen molar-refractivity contribution in [2.75, 3.05) is 13.6 Å². The number of likely N-dealkylation sites (tertiary alicyclic amines) is 1. The molecule has 0 aromatic rings. The minimum atomic E-state index is -1.05. The Morgan fingerprint density at radius 1 is 1.33 bits per heavy atom. The summed E-state index contributed by atoms with van der Waals surface area (Å²) >= 11 is 0. The van der Waals surface area contributed by atoms with Gasteiger partial charge in [0, 0.05) is 0 Å². The van der Waals surface area contributed by atoms with Gasteiger partial charge in [-0.1, -0.05) is 0 Å². The van der Waals surface area contributed by atoms with Crippen LogP contribution in [0.15, 0.2) is 0 Å². The predicted octanol–water partition coefficient (Wildman–Crippen LogP) is -0.524. The summed E-state index contributed by atoms with van der Waals surface area (Å²) in [4.78, 5) is 22.8. The van der Waals surface area contributed by atoms with Crippen molar-refractivity contribution >= 4 is 11.9 Å². The highest BCUT2D eigenvalue weighted by atomic mass is 16.4. The molecular weight excluding hydrogens is 162 g/mol. The standard InChI is InChI=1S/C7H11NO4/c1-8-3-2-4(6(9)10)5(8)7(11)12/h4-5H,2-3H2,1H3,(H,9,10)(H,11,12)/t4?,5-/m0/s1. The van der Waals surface area contributed by atoms with Gasteiger partial charge in [-0.3, -0.25) is 14.5 Å². The lowest BCUT2D eigenvalue weighted by Crippen LogP contribution is -2.39. The van der Waals surface area contributed by atoms with Gasteiger partial charge in [-0.15, -0.1) is 0 Å². The van der Waals surface area contributed by atoms with E-state index in [2.05, 4.69) is 0 Å². The quantitative estimate of drug-likeness (QED) is 0.587. The smallest absolute Gasteiger partial charge is 0.321 e. The summed E-state index contributed by atoms with van der Waals surface area (Å²) in [6.45, 7) is 0.536. The molecule has 68 valence electrons. The number of hydrogen-bond acceptors (Lipinski definition) is 3. The average molecular weight is 173 g/mol. The highest BCUT2D eigenvalue weighted by Crippen LogP contribution is 2.22. The van der Waals surface area contributed by atoms with Gasteiger partial charge < -0.3 is 10.2 Å². The molecule has 0 radical (unpaired) electrons. The van der Waals surface area contributed by atoms with Gasteiger partial charge in [0.2, 0.25) is 0 Å². The normalized spacial score (nSPS) is 30.4. The molecule has 0 spiro atoms. The Hall–Kier alpha value is -1.10. The molecule has 1 unspecified atom stereocenters. The Kier molecular flexibility index (Phi) is 2.32. The Balaban J connectivity index is 2.77. The maximum Gasteiger partial charge on any atom is 0.321 e. The lowest BCUT2D eigenvalue weighted by atomic mass is 10.0. The highest BCUT2D eigenvalue weighted by Gasteiger charge is 2.41. The van der Waals surface area contributed by atoms with Crippen molar-refractivity contribution in [2.24, 2.45) is 5.92 Å². The lowest BCUT2D eigenvalue weighted by Gasteiger charge is -2.17. The Labute approximate surface area is 69.6 Å². The van der Waals surface area contributed by atoms with Gasteiger partial charge in [-0.05, 0) is 20.0 Å². The maximum absolute atomic E-state index is 10.6. The summed E-state index contributed by atoms with van der Waals surface area (Å²) in [6.07, 6.45) is 0.419. The molecule has 12 heavy (non-hydrogen) atoms. The van der Waals surface area contributed by atoms with E-state index in [-0.39, 0.29) is 0 Å². The zero-order chi connectivity index (χ0) is 9.30. The monoisotopic (exact) mass is 173 g/mol. The molecule has 5 nitrogen and oxygen atoms in total. The molecule has 0 aromatic heterocycles. The number of aliphatic carboxylic acids is 2. The van der Waals surface area contributed by atoms with Gasteiger partial charge in [0.05, 0.1) is 5.92 Å². The van der Waals surface area contributed by atoms with Crippen LogP contribution >= 0.6 is 0 Å². The van der Waals surface area contributed by atoms with Crippen LogP contribution in [-0.4, -0.2) is 46.7 Å². The van der Waals surface area contributed by atoms with Crippen molar-refractivity contribution < 1.29 is 19.8 Å². The van der Waals surface area contributed by atoms with E-state index in [1.807, 2.05) is 0 Å². The third-order valence-electron chi connectivity index (χ3n) is 2.22. The van der Waals surface area contributed by atoms with Crippen LogP contribution in [0.3, 0.4) is 0 Å². The molecule has 0 bridgehead atoms. The second-order valence-electron chi connectivity index (χ2n) is 3.00. The van der Waals surface area contributed by atoms with E-state index in [9.17, 15) is 9.59 Å². The fourth-order valence-corrected chi connectivity index (χ4v) is 1.57. The van der Waals surface area contributed by atoms with E-state index in [4.69, 9.17) is 10.2 Å². The van der Waals surface area contributed by atoms with Crippen LogP contribution < -0.4 is 0 Å². The predicted molar refractivity (Wildman–Crippen MR) is 39.8 cm³/mol. The first-order valence-corrected chi connectivity index (χ1v) is 3.70. The van der Waals surface area contributed by atoms with Gasteiger partial charge in [-0.2, -0.15) is 0 Å². The summed E-state index contributed by atoms with van der Waals surface area (Å²) < 4.78 is 0. The molecule has 1 heterocycles. The second-order valence-corrected chi connectivity index (χ2v) is 3.00. The minimum Gasteiger partial charge on any atom is -0.481 e. The molecule has 2 atom stereocenters. The zero-order valence-corrected chi connectivity index (χ0v) is 6.73. The number of rotatable bonds is 2. The number of carboxylic acids is 2. The largest absolute Gasteiger partial charge is 0.481 e. The summed E-state index contributed by atoms with van der Waals surface area (Å²) in [7, 11) is 1.63. The first kappa shape index (κ1) is 8.99. The third-order valence-corrected chi connectivity index (χ3v) is 2.22. The van der Waals surface area contributed by atoms with E-state index < -0.39 is 23.9 Å². The Bertz CT molecular complexity index is 215. The van der Waals surface area contributed by atoms with Crippen LogP contribution in [0.1, 0.15) is 6.42 Å². The van der Waals surface area contributed by atoms with E-state index >= 15 is 0 Å². The van der Waals surface area contributed by atoms with Crippen LogP contribution in [0.5, 0.6) is 0 Å². The van der Waals surface area contributed by atoms with Crippen LogP contribution in [0.4, 0.5) is 0 Å². The fourth-order valence-electron chi connectivity index (χ4n) is 1.57. The SMILES string of the molecule is CN1CCC(C(=O)O)[C@H]1C(=O)O. The maximum atomic E-state index is 10.6. The highest BCUT2D eigenvalue weighted by molar-refractivity contribution is 5.83. The third kappa shape index (κ3) is 1.40.